The summed E-state index contributed by atoms with van der Waals surface area (Å²) in [4.78, 5) is 23.1. The fraction of sp³-hybridized carbons (Fsp3) is 0.400. The van der Waals surface area contributed by atoms with Gasteiger partial charge in [-0.2, -0.15) is 4.80 Å². The van der Waals surface area contributed by atoms with Gasteiger partial charge in [0.05, 0.1) is 18.4 Å². The third-order valence-electron chi connectivity index (χ3n) is 5.90. The molecule has 1 amide bonds. The monoisotopic (exact) mass is 512 g/mol. The average molecular weight is 513 g/mol. The summed E-state index contributed by atoms with van der Waals surface area (Å²) in [5.74, 6) is 1.11. The van der Waals surface area contributed by atoms with Crippen molar-refractivity contribution in [2.75, 3.05) is 32.9 Å². The molecule has 1 aliphatic heterocycles. The molecule has 1 aromatic carbocycles. The molecule has 0 unspecified atom stereocenters. The molecule has 0 saturated carbocycles. The Labute approximate surface area is 214 Å². The highest BCUT2D eigenvalue weighted by Gasteiger charge is 2.26. The van der Waals surface area contributed by atoms with E-state index in [-0.39, 0.29) is 18.6 Å². The molecule has 36 heavy (non-hydrogen) atoms. The Morgan fingerprint density at radius 1 is 1.25 bits per heavy atom. The number of tetrazole rings is 1. The molecule has 3 heterocycles. The predicted octanol–water partition coefficient (Wildman–Crippen LogP) is 3.17. The van der Waals surface area contributed by atoms with E-state index in [2.05, 4.69) is 25.3 Å². The molecule has 0 radical (unpaired) electrons. The molecular weight excluding hydrogens is 484 g/mol. The lowest BCUT2D eigenvalue weighted by molar-refractivity contribution is -0.130. The number of carbonyl (C=O) groups is 1. The third kappa shape index (κ3) is 6.86. The first kappa shape index (κ1) is 25.7. The number of benzene rings is 1. The van der Waals surface area contributed by atoms with Crippen LogP contribution in [0.5, 0.6) is 5.75 Å². The molecule has 0 aliphatic carbocycles. The molecule has 11 heteroatoms. The Morgan fingerprint density at radius 3 is 2.81 bits per heavy atom. The van der Waals surface area contributed by atoms with E-state index in [0.29, 0.717) is 36.2 Å². The van der Waals surface area contributed by atoms with Crippen LogP contribution in [0, 0.1) is 6.92 Å². The predicted molar refractivity (Wildman–Crippen MR) is 134 cm³/mol. The zero-order chi connectivity index (χ0) is 25.5. The Hall–Kier alpha value is -3.37. The number of halogens is 2. The average Bonchev–Trinajstić information content (AvgIpc) is 3.27. The number of carbonyl (C=O) groups excluding carboxylic acids is 1. The molecule has 0 spiro atoms. The molecule has 0 N–H and O–H groups in total. The van der Waals surface area contributed by atoms with E-state index in [0.717, 1.165) is 29.9 Å². The number of hydrogen-bond acceptors (Lipinski definition) is 7. The van der Waals surface area contributed by atoms with Gasteiger partial charge in [0.1, 0.15) is 19.0 Å². The highest BCUT2D eigenvalue weighted by atomic mass is 35.5. The van der Waals surface area contributed by atoms with Crippen LogP contribution in [0.2, 0.25) is 5.02 Å². The summed E-state index contributed by atoms with van der Waals surface area (Å²) in [5, 5.41) is 12.8. The summed E-state index contributed by atoms with van der Waals surface area (Å²) in [5.41, 5.74) is 2.68. The van der Waals surface area contributed by atoms with Crippen LogP contribution in [0.3, 0.4) is 0 Å². The number of alkyl halides is 1. The van der Waals surface area contributed by atoms with E-state index in [4.69, 9.17) is 16.3 Å². The zero-order valence-electron chi connectivity index (χ0n) is 20.3. The highest BCUT2D eigenvalue weighted by Crippen LogP contribution is 2.20. The fourth-order valence-corrected chi connectivity index (χ4v) is 4.35. The number of aryl methyl sites for hydroxylation is 1. The van der Waals surface area contributed by atoms with Gasteiger partial charge in [0.2, 0.25) is 5.91 Å². The normalized spacial score (nSPS) is 16.6. The number of amides is 1. The van der Waals surface area contributed by atoms with Gasteiger partial charge >= 0.3 is 0 Å². The Bertz CT molecular complexity index is 1200. The van der Waals surface area contributed by atoms with Crippen molar-refractivity contribution < 1.29 is 13.9 Å². The van der Waals surface area contributed by atoms with Gasteiger partial charge in [0, 0.05) is 43.3 Å². The van der Waals surface area contributed by atoms with Crippen molar-refractivity contribution in [1.82, 2.24) is 35.0 Å². The molecule has 9 nitrogen and oxygen atoms in total. The molecule has 1 fully saturated rings. The minimum Gasteiger partial charge on any atom is -0.489 e. The van der Waals surface area contributed by atoms with Crippen molar-refractivity contribution in [2.24, 2.45) is 0 Å². The summed E-state index contributed by atoms with van der Waals surface area (Å²) in [6, 6.07) is 9.27. The maximum absolute atomic E-state index is 13.0. The summed E-state index contributed by atoms with van der Waals surface area (Å²) in [6.45, 7) is 6.51. The molecule has 190 valence electrons. The Balaban J connectivity index is 1.34. The van der Waals surface area contributed by atoms with Gasteiger partial charge < -0.3 is 9.64 Å². The second kappa shape index (κ2) is 12.0. The van der Waals surface area contributed by atoms with E-state index in [1.54, 1.807) is 31.3 Å². The van der Waals surface area contributed by atoms with Crippen molar-refractivity contribution in [3.8, 4) is 5.75 Å². The van der Waals surface area contributed by atoms with Gasteiger partial charge in [-0.3, -0.25) is 14.7 Å². The number of nitrogens with zero attached hydrogens (tertiary/aromatic N) is 7. The van der Waals surface area contributed by atoms with E-state index in [1.807, 2.05) is 36.1 Å². The maximum atomic E-state index is 13.0. The van der Waals surface area contributed by atoms with E-state index >= 15 is 0 Å². The third-order valence-corrected chi connectivity index (χ3v) is 6.13. The van der Waals surface area contributed by atoms with E-state index < -0.39 is 6.67 Å². The number of piperazine rings is 1. The van der Waals surface area contributed by atoms with Gasteiger partial charge in [0.15, 0.2) is 5.82 Å². The van der Waals surface area contributed by atoms with Crippen LogP contribution in [0.15, 0.2) is 42.6 Å². The van der Waals surface area contributed by atoms with Crippen molar-refractivity contribution in [2.45, 2.75) is 33.0 Å². The molecule has 3 aromatic rings. The van der Waals surface area contributed by atoms with Crippen LogP contribution < -0.4 is 4.74 Å². The molecular formula is C25H29ClFN7O2. The van der Waals surface area contributed by atoms with Crippen LogP contribution in [0.1, 0.15) is 29.6 Å². The minimum atomic E-state index is -0.529. The number of aromatic nitrogens is 5. The first-order chi connectivity index (χ1) is 17.4. The van der Waals surface area contributed by atoms with Crippen LogP contribution >= 0.6 is 11.6 Å². The van der Waals surface area contributed by atoms with Gasteiger partial charge in [0.25, 0.3) is 0 Å². The van der Waals surface area contributed by atoms with Crippen molar-refractivity contribution in [3.05, 3.63) is 70.3 Å². The van der Waals surface area contributed by atoms with Gasteiger partial charge in [-0.05, 0) is 60.5 Å². The zero-order valence-corrected chi connectivity index (χ0v) is 21.1. The molecule has 1 aliphatic rings. The second-order valence-corrected chi connectivity index (χ2v) is 9.12. The Kier molecular flexibility index (Phi) is 8.61. The first-order valence-electron chi connectivity index (χ1n) is 11.8. The largest absolute Gasteiger partial charge is 0.489 e. The molecule has 1 saturated heterocycles. The molecule has 2 aromatic heterocycles. The SMILES string of the molecule is Cc1nnn(Cc2cc(Cl)ccc2/C=C/[11C](=O)N2CCN(Cc3ccc(OCCF)cn3)C[C@H]2C)n1. The molecule has 1 atom stereocenters. The lowest BCUT2D eigenvalue weighted by Gasteiger charge is -2.39. The summed E-state index contributed by atoms with van der Waals surface area (Å²) < 4.78 is 17.5. The molecule has 4 rings (SSSR count). The van der Waals surface area contributed by atoms with Crippen LogP contribution in [-0.2, 0) is 17.9 Å². The summed E-state index contributed by atoms with van der Waals surface area (Å²) in [6.07, 6.45) is 5.04. The van der Waals surface area contributed by atoms with Crippen molar-refractivity contribution in [1.29, 1.82) is 0 Å². The number of rotatable bonds is 9. The minimum absolute atomic E-state index is 0.0288. The fourth-order valence-electron chi connectivity index (χ4n) is 4.15. The van der Waals surface area contributed by atoms with E-state index in [1.165, 1.54) is 4.80 Å². The lowest BCUT2D eigenvalue weighted by Crippen LogP contribution is -2.53. The number of ether oxygens (including phenoxy) is 1. The number of pyridine rings is 1. The second-order valence-electron chi connectivity index (χ2n) is 8.68. The molecule has 0 bridgehead atoms. The standard InChI is InChI=1S/C25H29ClFN7O2/c1-18-15-32(17-23-6-7-24(14-28-23)36-12-9-27)10-11-33(18)25(35)8-4-20-3-5-22(26)13-21(20)16-34-30-19(2)29-31-34/h3-8,13-14,18H,9-12,15-17H2,1-2H3/b8-4+/t18-/m1/s1/i25-1. The topological polar surface area (TPSA) is 89.3 Å². The van der Waals surface area contributed by atoms with Crippen LogP contribution in [0.4, 0.5) is 4.39 Å². The van der Waals surface area contributed by atoms with Crippen molar-refractivity contribution >= 4 is 23.6 Å². The number of hydrogen-bond donors (Lipinski definition) is 0. The Morgan fingerprint density at radius 2 is 2.11 bits per heavy atom. The maximum Gasteiger partial charge on any atom is 0.246 e. The smallest absolute Gasteiger partial charge is 0.246 e. The van der Waals surface area contributed by atoms with Crippen LogP contribution in [0.25, 0.3) is 6.08 Å². The van der Waals surface area contributed by atoms with Crippen LogP contribution in [-0.4, -0.2) is 79.9 Å². The lowest BCUT2D eigenvalue weighted by atomic mass is 9.91. The van der Waals surface area contributed by atoms with Gasteiger partial charge in [-0.25, -0.2) is 4.39 Å². The van der Waals surface area contributed by atoms with Gasteiger partial charge in [-0.15, -0.1) is 10.2 Å². The first-order valence-corrected chi connectivity index (χ1v) is 12.2. The summed E-state index contributed by atoms with van der Waals surface area (Å²) >= 11 is 6.20. The highest BCUT2D eigenvalue weighted by molar-refractivity contribution is 6.30. The van der Waals surface area contributed by atoms with Crippen molar-refractivity contribution in [3.63, 3.8) is 0 Å². The van der Waals surface area contributed by atoms with E-state index in [9.17, 15) is 9.18 Å². The quantitative estimate of drug-likeness (QED) is 0.407. The summed E-state index contributed by atoms with van der Waals surface area (Å²) in [7, 11) is 0. The van der Waals surface area contributed by atoms with Gasteiger partial charge in [-0.1, -0.05) is 17.7 Å².